The van der Waals surface area contributed by atoms with Crippen molar-refractivity contribution in [2.75, 3.05) is 11.4 Å². The number of carbonyl (C=O) groups excluding carboxylic acids is 1. The van der Waals surface area contributed by atoms with E-state index in [1.54, 1.807) is 17.5 Å². The van der Waals surface area contributed by atoms with E-state index >= 15 is 0 Å². The van der Waals surface area contributed by atoms with Gasteiger partial charge in [-0.1, -0.05) is 36.4 Å². The van der Waals surface area contributed by atoms with Gasteiger partial charge >= 0.3 is 0 Å². The van der Waals surface area contributed by atoms with E-state index in [0.717, 1.165) is 46.2 Å². The fourth-order valence-electron chi connectivity index (χ4n) is 4.00. The summed E-state index contributed by atoms with van der Waals surface area (Å²) in [5.41, 5.74) is 8.40. The number of nitrogens with two attached hydrogens (primary N) is 1. The van der Waals surface area contributed by atoms with Crippen LogP contribution in [-0.2, 0) is 4.79 Å². The van der Waals surface area contributed by atoms with Gasteiger partial charge in [-0.3, -0.25) is 4.79 Å². The smallest absolute Gasteiger partial charge is 0.240 e. The summed E-state index contributed by atoms with van der Waals surface area (Å²) in [5, 5.41) is 3.37. The summed E-state index contributed by atoms with van der Waals surface area (Å²) in [4.78, 5) is 28.6. The van der Waals surface area contributed by atoms with E-state index in [9.17, 15) is 4.79 Å². The van der Waals surface area contributed by atoms with Crippen molar-refractivity contribution in [3.8, 4) is 21.1 Å². The molecule has 1 amide bonds. The molecule has 150 valence electrons. The predicted molar refractivity (Wildman–Crippen MR) is 120 cm³/mol. The van der Waals surface area contributed by atoms with Gasteiger partial charge in [0.25, 0.3) is 0 Å². The monoisotopic (exact) mass is 415 g/mol. The number of aryl methyl sites for hydroxylation is 1. The molecular formula is C23H21N5OS. The van der Waals surface area contributed by atoms with Crippen LogP contribution in [0.25, 0.3) is 31.9 Å². The Morgan fingerprint density at radius 3 is 2.80 bits per heavy atom. The molecular weight excluding hydrogens is 394 g/mol. The molecule has 7 heteroatoms. The van der Waals surface area contributed by atoms with Gasteiger partial charge in [-0.2, -0.15) is 0 Å². The number of carbonyl (C=O) groups is 1. The highest BCUT2D eigenvalue weighted by atomic mass is 32.1. The Hall–Kier alpha value is -3.32. The van der Waals surface area contributed by atoms with Gasteiger partial charge in [0.05, 0.1) is 16.3 Å². The van der Waals surface area contributed by atoms with Crippen LogP contribution in [0.15, 0.2) is 54.7 Å². The second-order valence-corrected chi connectivity index (χ2v) is 8.49. The average molecular weight is 416 g/mol. The van der Waals surface area contributed by atoms with Gasteiger partial charge in [-0.15, -0.1) is 11.3 Å². The third-order valence-corrected chi connectivity index (χ3v) is 6.74. The molecule has 0 aliphatic carbocycles. The lowest BCUT2D eigenvalue weighted by molar-refractivity contribution is -0.119. The number of hydrogen-bond donors (Lipinski definition) is 1. The minimum absolute atomic E-state index is 0.325. The van der Waals surface area contributed by atoms with Crippen LogP contribution in [0.4, 0.5) is 5.95 Å². The maximum atomic E-state index is 11.8. The third-order valence-electron chi connectivity index (χ3n) is 5.51. The van der Waals surface area contributed by atoms with Gasteiger partial charge in [0.15, 0.2) is 0 Å². The van der Waals surface area contributed by atoms with Crippen LogP contribution in [-0.4, -0.2) is 33.4 Å². The van der Waals surface area contributed by atoms with Crippen molar-refractivity contribution in [3.05, 3.63) is 60.4 Å². The van der Waals surface area contributed by atoms with E-state index in [1.165, 1.54) is 10.8 Å². The minimum Gasteiger partial charge on any atom is -0.368 e. The highest BCUT2D eigenvalue weighted by Crippen LogP contribution is 2.36. The van der Waals surface area contributed by atoms with Crippen LogP contribution in [0.5, 0.6) is 0 Å². The highest BCUT2D eigenvalue weighted by Gasteiger charge is 2.31. The molecule has 0 bridgehead atoms. The summed E-state index contributed by atoms with van der Waals surface area (Å²) in [6.07, 6.45) is 3.39. The van der Waals surface area contributed by atoms with Gasteiger partial charge in [-0.25, -0.2) is 15.0 Å². The van der Waals surface area contributed by atoms with Crippen molar-refractivity contribution in [2.24, 2.45) is 5.73 Å². The van der Waals surface area contributed by atoms with Gasteiger partial charge in [0, 0.05) is 18.3 Å². The molecule has 2 aromatic heterocycles. The van der Waals surface area contributed by atoms with E-state index in [4.69, 9.17) is 15.7 Å². The Labute approximate surface area is 178 Å². The Balaban J connectivity index is 1.51. The van der Waals surface area contributed by atoms with Crippen LogP contribution in [0.1, 0.15) is 18.5 Å². The zero-order chi connectivity index (χ0) is 20.7. The normalized spacial score (nSPS) is 16.3. The largest absolute Gasteiger partial charge is 0.368 e. The number of amides is 1. The maximum Gasteiger partial charge on any atom is 0.240 e. The van der Waals surface area contributed by atoms with E-state index in [0.29, 0.717) is 5.95 Å². The van der Waals surface area contributed by atoms with E-state index in [2.05, 4.69) is 35.3 Å². The third kappa shape index (κ3) is 3.31. The number of benzene rings is 2. The minimum atomic E-state index is -0.337. The lowest BCUT2D eigenvalue weighted by Gasteiger charge is -2.22. The summed E-state index contributed by atoms with van der Waals surface area (Å²) in [6.45, 7) is 2.74. The molecule has 3 heterocycles. The Morgan fingerprint density at radius 1 is 1.13 bits per heavy atom. The lowest BCUT2D eigenvalue weighted by atomic mass is 10.1. The molecule has 2 aromatic carbocycles. The fourth-order valence-corrected chi connectivity index (χ4v) is 5.03. The van der Waals surface area contributed by atoms with Crippen molar-refractivity contribution in [1.82, 2.24) is 15.0 Å². The van der Waals surface area contributed by atoms with Crippen molar-refractivity contribution in [1.29, 1.82) is 0 Å². The second-order valence-electron chi connectivity index (χ2n) is 7.49. The average Bonchev–Trinajstić information content (AvgIpc) is 3.41. The first-order valence-corrected chi connectivity index (χ1v) is 10.8. The molecule has 1 fully saturated rings. The summed E-state index contributed by atoms with van der Waals surface area (Å²) >= 11 is 1.62. The van der Waals surface area contributed by atoms with Gasteiger partial charge in [0.2, 0.25) is 11.9 Å². The molecule has 0 saturated carbocycles. The molecule has 1 atom stereocenters. The predicted octanol–water partition coefficient (Wildman–Crippen LogP) is 4.18. The SMILES string of the molecule is Cc1nc(-c2ccc3ccccc3c2)sc1-c1ccnc(N2CCC[C@@H]2C(N)=O)n1. The number of rotatable bonds is 4. The van der Waals surface area contributed by atoms with Crippen molar-refractivity contribution >= 4 is 34.0 Å². The molecule has 0 spiro atoms. The Kier molecular flexibility index (Phi) is 4.67. The number of thiazole rings is 1. The summed E-state index contributed by atoms with van der Waals surface area (Å²) < 4.78 is 0. The van der Waals surface area contributed by atoms with Crippen molar-refractivity contribution < 1.29 is 4.79 Å². The van der Waals surface area contributed by atoms with Crippen molar-refractivity contribution in [2.45, 2.75) is 25.8 Å². The summed E-state index contributed by atoms with van der Waals surface area (Å²) in [7, 11) is 0. The van der Waals surface area contributed by atoms with Crippen molar-refractivity contribution in [3.63, 3.8) is 0 Å². The molecule has 1 aliphatic heterocycles. The van der Waals surface area contributed by atoms with Crippen LogP contribution in [0.3, 0.4) is 0 Å². The summed E-state index contributed by atoms with van der Waals surface area (Å²) in [5.74, 6) is 0.225. The number of anilines is 1. The van der Waals surface area contributed by atoms with Crippen LogP contribution in [0.2, 0.25) is 0 Å². The van der Waals surface area contributed by atoms with Gasteiger partial charge in [-0.05, 0) is 42.7 Å². The molecule has 5 rings (SSSR count). The number of primary amides is 1. The second kappa shape index (κ2) is 7.50. The van der Waals surface area contributed by atoms with Gasteiger partial charge < -0.3 is 10.6 Å². The molecule has 2 N–H and O–H groups in total. The highest BCUT2D eigenvalue weighted by molar-refractivity contribution is 7.18. The standard InChI is InChI=1S/C23H21N5OS/c1-14-20(18-10-11-25-23(27-18)28-12-4-7-19(28)21(24)29)30-22(26-14)17-9-8-15-5-2-3-6-16(15)13-17/h2-3,5-6,8-11,13,19H,4,7,12H2,1H3,(H2,24,29)/t19-/m1/s1. The van der Waals surface area contributed by atoms with Crippen LogP contribution < -0.4 is 10.6 Å². The molecule has 0 unspecified atom stereocenters. The Morgan fingerprint density at radius 2 is 1.97 bits per heavy atom. The number of aromatic nitrogens is 3. The molecule has 6 nitrogen and oxygen atoms in total. The van der Waals surface area contributed by atoms with E-state index < -0.39 is 0 Å². The van der Waals surface area contributed by atoms with E-state index in [1.807, 2.05) is 30.0 Å². The first kappa shape index (κ1) is 18.7. The molecule has 1 saturated heterocycles. The quantitative estimate of drug-likeness (QED) is 0.540. The molecule has 0 radical (unpaired) electrons. The molecule has 30 heavy (non-hydrogen) atoms. The number of fused-ring (bicyclic) bond motifs is 1. The number of hydrogen-bond acceptors (Lipinski definition) is 6. The zero-order valence-corrected chi connectivity index (χ0v) is 17.4. The van der Waals surface area contributed by atoms with Crippen LogP contribution in [0, 0.1) is 6.92 Å². The first-order valence-electron chi connectivity index (χ1n) is 9.96. The topological polar surface area (TPSA) is 85.0 Å². The Bertz CT molecular complexity index is 1250. The number of nitrogens with zero attached hydrogens (tertiary/aromatic N) is 4. The molecule has 4 aromatic rings. The maximum absolute atomic E-state index is 11.8. The zero-order valence-electron chi connectivity index (χ0n) is 16.6. The lowest BCUT2D eigenvalue weighted by Crippen LogP contribution is -2.41. The van der Waals surface area contributed by atoms with Crippen LogP contribution >= 0.6 is 11.3 Å². The summed E-state index contributed by atoms with van der Waals surface area (Å²) in [6, 6.07) is 16.3. The first-order chi connectivity index (χ1) is 14.6. The van der Waals surface area contributed by atoms with Gasteiger partial charge in [0.1, 0.15) is 11.0 Å². The van der Waals surface area contributed by atoms with E-state index in [-0.39, 0.29) is 11.9 Å². The fraction of sp³-hybridized carbons (Fsp3) is 0.217. The molecule has 1 aliphatic rings.